The number of hydrogen-bond donors (Lipinski definition) is 0. The van der Waals surface area contributed by atoms with Gasteiger partial charge in [0.25, 0.3) is 0 Å². The fourth-order valence-electron chi connectivity index (χ4n) is 1.72. The number of hydrogen-bond acceptors (Lipinski definition) is 2. The van der Waals surface area contributed by atoms with Crippen LogP contribution in [0.4, 0.5) is 0 Å². The first-order valence-corrected chi connectivity index (χ1v) is 6.28. The Labute approximate surface area is 182 Å². The van der Waals surface area contributed by atoms with Gasteiger partial charge in [0.1, 0.15) is 0 Å². The fourth-order valence-corrected chi connectivity index (χ4v) is 1.72. The van der Waals surface area contributed by atoms with Crippen LogP contribution in [0.25, 0.3) is 11.0 Å². The maximum atomic E-state index is 4.39. The van der Waals surface area contributed by atoms with Crippen molar-refractivity contribution in [1.29, 1.82) is 0 Å². The molecule has 0 spiro atoms. The topological polar surface area (TPSA) is 25.8 Å². The van der Waals surface area contributed by atoms with Gasteiger partial charge in [-0.15, -0.1) is 13.8 Å². The van der Waals surface area contributed by atoms with Gasteiger partial charge in [-0.25, -0.2) is 12.2 Å². The maximum absolute atomic E-state index is 4.39. The zero-order valence-electron chi connectivity index (χ0n) is 12.7. The number of fused-ring (bicyclic) bond motifs is 1. The van der Waals surface area contributed by atoms with Gasteiger partial charge in [0.15, 0.2) is 0 Å². The monoisotopic (exact) mass is 436 g/mol. The Bertz CT molecular complexity index is 641. The molecule has 0 bridgehead atoms. The number of aromatic nitrogens is 2. The fraction of sp³-hybridized carbons (Fsp3) is 0.111. The van der Waals surface area contributed by atoms with Gasteiger partial charge in [0, 0.05) is 77.8 Å². The summed E-state index contributed by atoms with van der Waals surface area (Å²) in [6, 6.07) is 3.93. The quantitative estimate of drug-likeness (QED) is 0.539. The van der Waals surface area contributed by atoms with E-state index in [4.69, 9.17) is 0 Å². The van der Waals surface area contributed by atoms with Gasteiger partial charge in [-0.3, -0.25) is 12.2 Å². The van der Waals surface area contributed by atoms with E-state index in [0.717, 1.165) is 22.2 Å². The van der Waals surface area contributed by atoms with Crippen LogP contribution in [0.15, 0.2) is 48.8 Å². The van der Waals surface area contributed by atoms with E-state index in [2.05, 4.69) is 34.3 Å². The van der Waals surface area contributed by atoms with Crippen LogP contribution in [-0.4, -0.2) is 9.97 Å². The molecule has 2 aromatic rings. The third-order valence-corrected chi connectivity index (χ3v) is 2.60. The van der Waals surface area contributed by atoms with Crippen molar-refractivity contribution in [3.63, 3.8) is 0 Å². The predicted molar refractivity (Wildman–Crippen MR) is 80.3 cm³/mol. The van der Waals surface area contributed by atoms with E-state index in [9.17, 15) is 0 Å². The first-order valence-electron chi connectivity index (χ1n) is 6.28. The molecule has 0 fully saturated rings. The molecular weight excluding hydrogens is 422 g/mol. The molecule has 2 nitrogen and oxygen atoms in total. The third-order valence-electron chi connectivity index (χ3n) is 2.60. The van der Waals surface area contributed by atoms with Crippen molar-refractivity contribution in [3.8, 4) is 0 Å². The van der Waals surface area contributed by atoms with E-state index in [-0.39, 0.29) is 65.4 Å². The molecule has 4 heteroatoms. The number of benzene rings is 1. The van der Waals surface area contributed by atoms with Crippen LogP contribution in [0, 0.1) is 24.3 Å². The van der Waals surface area contributed by atoms with Crippen molar-refractivity contribution < 1.29 is 65.4 Å². The second kappa shape index (κ2) is 12.2. The smallest absolute Gasteiger partial charge is 0.0325 e. The van der Waals surface area contributed by atoms with E-state index in [0.29, 0.717) is 0 Å². The SMILES string of the molecule is C[C-]=CC=[C-]c1ccc([C-]=CC=[C-]C)c2nccnc12.[Y].[Y]. The largest absolute Gasteiger partial charge is 0.330 e. The van der Waals surface area contributed by atoms with Crippen molar-refractivity contribution in [1.82, 2.24) is 9.97 Å². The molecule has 0 amide bonds. The van der Waals surface area contributed by atoms with Crippen molar-refractivity contribution in [2.45, 2.75) is 13.8 Å². The molecule has 2 radical (unpaired) electrons. The summed E-state index contributed by atoms with van der Waals surface area (Å²) in [7, 11) is 0. The Kier molecular flexibility index (Phi) is 12.0. The van der Waals surface area contributed by atoms with Crippen LogP contribution >= 0.6 is 0 Å². The molecule has 0 aliphatic rings. The summed E-state index contributed by atoms with van der Waals surface area (Å²) in [4.78, 5) is 8.78. The zero-order valence-corrected chi connectivity index (χ0v) is 18.3. The van der Waals surface area contributed by atoms with Gasteiger partial charge < -0.3 is 34.3 Å². The molecule has 2 rings (SSSR count). The molecule has 0 atom stereocenters. The molecule has 1 heterocycles. The van der Waals surface area contributed by atoms with Crippen LogP contribution in [0.3, 0.4) is 0 Å². The van der Waals surface area contributed by atoms with Gasteiger partial charge in [0.05, 0.1) is 0 Å². The van der Waals surface area contributed by atoms with Gasteiger partial charge >= 0.3 is 0 Å². The van der Waals surface area contributed by atoms with Crippen LogP contribution in [0.1, 0.15) is 25.0 Å². The van der Waals surface area contributed by atoms with Crippen LogP contribution < -0.4 is 0 Å². The Morgan fingerprint density at radius 3 is 1.50 bits per heavy atom. The molecule has 0 saturated carbocycles. The molecule has 0 saturated heterocycles. The first kappa shape index (κ1) is 21.7. The third kappa shape index (κ3) is 6.08. The van der Waals surface area contributed by atoms with Gasteiger partial charge in [-0.1, -0.05) is 0 Å². The minimum absolute atomic E-state index is 0. The number of nitrogens with zero attached hydrogens (tertiary/aromatic N) is 2. The summed E-state index contributed by atoms with van der Waals surface area (Å²) in [6.45, 7) is 3.69. The van der Waals surface area contributed by atoms with Crippen molar-refractivity contribution in [2.75, 3.05) is 0 Å². The summed E-state index contributed by atoms with van der Waals surface area (Å²) in [6.07, 6.45) is 22.8. The predicted octanol–water partition coefficient (Wildman–Crippen LogP) is 3.80. The first-order chi connectivity index (χ1) is 9.86. The average molecular weight is 436 g/mol. The summed E-state index contributed by atoms with van der Waals surface area (Å²) in [5, 5.41) is 0. The Morgan fingerprint density at radius 2 is 1.14 bits per heavy atom. The molecule has 1 aromatic carbocycles. The molecule has 106 valence electrons. The Morgan fingerprint density at radius 1 is 0.727 bits per heavy atom. The van der Waals surface area contributed by atoms with E-state index in [1.54, 1.807) is 12.4 Å². The van der Waals surface area contributed by atoms with E-state index >= 15 is 0 Å². The van der Waals surface area contributed by atoms with Crippen LogP contribution in [0.5, 0.6) is 0 Å². The van der Waals surface area contributed by atoms with E-state index in [1.165, 1.54) is 0 Å². The Balaban J connectivity index is 0.00000220. The summed E-state index contributed by atoms with van der Waals surface area (Å²) < 4.78 is 0. The number of allylic oxidation sites excluding steroid dienone is 6. The second-order valence-electron chi connectivity index (χ2n) is 3.95. The van der Waals surface area contributed by atoms with Crippen molar-refractivity contribution in [3.05, 3.63) is 84.3 Å². The molecule has 0 N–H and O–H groups in total. The zero-order chi connectivity index (χ0) is 14.2. The standard InChI is InChI=1S/C18H14N2.2Y/c1-3-5-7-9-15-11-12-16(10-8-6-4-2)18-17(15)19-13-14-20-18;;/h5-8,11-14H,1-2H3;;/q-4;;. The molecule has 0 aliphatic heterocycles. The molecular formula is C18H14N2Y2-4. The summed E-state index contributed by atoms with van der Waals surface area (Å²) in [5.74, 6) is 0. The molecule has 1 aromatic heterocycles. The molecule has 22 heavy (non-hydrogen) atoms. The maximum Gasteiger partial charge on any atom is 0.0325 e. The molecule has 0 aliphatic carbocycles. The van der Waals surface area contributed by atoms with Gasteiger partial charge in [-0.2, -0.15) is 23.3 Å². The summed E-state index contributed by atoms with van der Waals surface area (Å²) >= 11 is 0. The van der Waals surface area contributed by atoms with Crippen molar-refractivity contribution >= 4 is 11.0 Å². The summed E-state index contributed by atoms with van der Waals surface area (Å²) in [5.41, 5.74) is 3.44. The Hall–Kier alpha value is -0.272. The molecule has 0 unspecified atom stereocenters. The van der Waals surface area contributed by atoms with Crippen molar-refractivity contribution in [2.24, 2.45) is 0 Å². The minimum Gasteiger partial charge on any atom is -0.330 e. The van der Waals surface area contributed by atoms with Crippen LogP contribution in [-0.2, 0) is 65.4 Å². The van der Waals surface area contributed by atoms with Crippen LogP contribution in [0.2, 0.25) is 0 Å². The minimum atomic E-state index is 0. The van der Waals surface area contributed by atoms with Gasteiger partial charge in [0.2, 0.25) is 0 Å². The normalized spacial score (nSPS) is 11.5. The van der Waals surface area contributed by atoms with Gasteiger partial charge in [-0.05, 0) is 11.0 Å². The second-order valence-corrected chi connectivity index (χ2v) is 3.95. The van der Waals surface area contributed by atoms with E-state index < -0.39 is 0 Å². The number of rotatable bonds is 4. The average Bonchev–Trinajstić information content (AvgIpc) is 2.49. The van der Waals surface area contributed by atoms with E-state index in [1.807, 2.05) is 50.3 Å².